The second kappa shape index (κ2) is 6.38. The number of urea groups is 1. The van der Waals surface area contributed by atoms with Gasteiger partial charge in [0.2, 0.25) is 5.96 Å². The molecule has 8 heteroatoms. The Morgan fingerprint density at radius 2 is 1.93 bits per heavy atom. The van der Waals surface area contributed by atoms with Crippen molar-refractivity contribution in [1.29, 1.82) is 0 Å². The van der Waals surface area contributed by atoms with Crippen LogP contribution in [-0.2, 0) is 4.79 Å². The number of rotatable bonds is 3. The number of fused-ring (bicyclic) bond motifs is 3. The van der Waals surface area contributed by atoms with E-state index in [-0.39, 0.29) is 18.5 Å². The molecule has 28 heavy (non-hydrogen) atoms. The Morgan fingerprint density at radius 3 is 2.61 bits per heavy atom. The first kappa shape index (κ1) is 18.6. The van der Waals surface area contributed by atoms with Crippen molar-refractivity contribution in [2.24, 2.45) is 4.99 Å². The van der Waals surface area contributed by atoms with E-state index in [9.17, 15) is 9.59 Å². The minimum absolute atomic E-state index is 0.174. The molecule has 7 nitrogen and oxygen atoms in total. The number of carbonyl (C=O) groups is 2. The summed E-state index contributed by atoms with van der Waals surface area (Å²) in [5, 5.41) is 0.665. The fourth-order valence-electron chi connectivity index (χ4n) is 4.04. The molecule has 0 saturated carbocycles. The zero-order valence-electron chi connectivity index (χ0n) is 16.3. The lowest BCUT2D eigenvalue weighted by atomic mass is 10.1. The fourth-order valence-corrected chi connectivity index (χ4v) is 4.21. The summed E-state index contributed by atoms with van der Waals surface area (Å²) >= 11 is 6.34. The third-order valence-electron chi connectivity index (χ3n) is 5.68. The highest BCUT2D eigenvalue weighted by Crippen LogP contribution is 2.41. The number of benzene rings is 1. The van der Waals surface area contributed by atoms with Crippen molar-refractivity contribution in [3.05, 3.63) is 52.8 Å². The van der Waals surface area contributed by atoms with Crippen LogP contribution >= 0.6 is 11.6 Å². The van der Waals surface area contributed by atoms with Gasteiger partial charge in [-0.05, 0) is 38.5 Å². The van der Waals surface area contributed by atoms with Crippen LogP contribution in [0.15, 0.2) is 47.2 Å². The first-order valence-corrected chi connectivity index (χ1v) is 9.46. The molecule has 0 aliphatic carbocycles. The summed E-state index contributed by atoms with van der Waals surface area (Å²) in [7, 11) is 1.68. The van der Waals surface area contributed by atoms with Crippen molar-refractivity contribution in [2.75, 3.05) is 18.5 Å². The van der Waals surface area contributed by atoms with Gasteiger partial charge in [-0.2, -0.15) is 0 Å². The third kappa shape index (κ3) is 2.32. The summed E-state index contributed by atoms with van der Waals surface area (Å²) in [6.07, 6.45) is 0.987. The number of carbonyl (C=O) groups excluding carboxylic acids is 2. The molecule has 0 radical (unpaired) electrons. The lowest BCUT2D eigenvalue weighted by molar-refractivity contribution is -0.136. The lowest BCUT2D eigenvalue weighted by Crippen LogP contribution is -2.64. The zero-order valence-corrected chi connectivity index (χ0v) is 17.1. The maximum Gasteiger partial charge on any atom is 0.328 e. The van der Waals surface area contributed by atoms with Crippen molar-refractivity contribution in [3.63, 3.8) is 0 Å². The summed E-state index contributed by atoms with van der Waals surface area (Å²) in [6.45, 7) is 9.75. The van der Waals surface area contributed by atoms with E-state index in [2.05, 4.69) is 6.58 Å². The molecular formula is C20H22ClN5O2. The van der Waals surface area contributed by atoms with E-state index in [0.717, 1.165) is 22.6 Å². The van der Waals surface area contributed by atoms with Crippen LogP contribution in [0.2, 0.25) is 5.02 Å². The number of amides is 3. The number of imide groups is 1. The molecule has 146 valence electrons. The molecule has 2 atom stereocenters. The Balaban J connectivity index is 1.82. The maximum atomic E-state index is 13.2. The lowest BCUT2D eigenvalue weighted by Gasteiger charge is -2.40. The Hall–Kier alpha value is -2.80. The molecule has 0 spiro atoms. The van der Waals surface area contributed by atoms with Crippen molar-refractivity contribution in [2.45, 2.75) is 33.0 Å². The van der Waals surface area contributed by atoms with Gasteiger partial charge in [0.05, 0.1) is 5.69 Å². The van der Waals surface area contributed by atoms with Crippen LogP contribution in [-0.4, -0.2) is 58.4 Å². The Kier molecular flexibility index (Phi) is 4.23. The number of likely N-dealkylation sites (N-methyl/N-ethyl adjacent to an activating group) is 1. The predicted molar refractivity (Wildman–Crippen MR) is 109 cm³/mol. The molecule has 1 saturated heterocycles. The van der Waals surface area contributed by atoms with E-state index < -0.39 is 12.2 Å². The maximum absolute atomic E-state index is 13.2. The number of aliphatic imine (C=N–C) groups is 1. The minimum Gasteiger partial charge on any atom is -0.302 e. The van der Waals surface area contributed by atoms with Crippen LogP contribution in [0.5, 0.6) is 0 Å². The highest BCUT2D eigenvalue weighted by molar-refractivity contribution is 6.32. The third-order valence-corrected chi connectivity index (χ3v) is 6.09. The van der Waals surface area contributed by atoms with Crippen molar-refractivity contribution >= 4 is 35.2 Å². The monoisotopic (exact) mass is 399 g/mol. The largest absolute Gasteiger partial charge is 0.328 e. The number of allylic oxidation sites excluding steroid dienone is 2. The van der Waals surface area contributed by atoms with Gasteiger partial charge < -0.3 is 4.90 Å². The summed E-state index contributed by atoms with van der Waals surface area (Å²) < 4.78 is 0. The van der Waals surface area contributed by atoms with Gasteiger partial charge in [0.1, 0.15) is 0 Å². The van der Waals surface area contributed by atoms with E-state index >= 15 is 0 Å². The minimum atomic E-state index is -0.586. The number of nitrogens with zero attached hydrogens (tertiary/aromatic N) is 5. The normalized spacial score (nSPS) is 24.1. The molecule has 0 N–H and O–H groups in total. The number of hydrogen-bond acceptors (Lipinski definition) is 5. The molecule has 2 unspecified atom stereocenters. The molecule has 3 heterocycles. The standard InChI is InChI=1S/C20H22ClN5O2/c1-6-10-24-18(27)16-17(23(5)20(24)28)22-19-25(12(3)13(4)26(16)19)15-9-7-8-14(21)11(15)2/h6-9,16-17H,1,10H2,2-5H3. The van der Waals surface area contributed by atoms with E-state index in [1.165, 1.54) is 9.80 Å². The number of halogens is 1. The smallest absolute Gasteiger partial charge is 0.302 e. The number of guanidine groups is 1. The SMILES string of the molecule is C=CCN1C(=O)C2C(N=C3N(c4cccc(Cl)c4C)C(C)=C(C)N32)N(C)C1=O. The van der Waals surface area contributed by atoms with Gasteiger partial charge in [-0.3, -0.25) is 19.5 Å². The van der Waals surface area contributed by atoms with Gasteiger partial charge in [-0.1, -0.05) is 23.7 Å². The van der Waals surface area contributed by atoms with E-state index in [1.807, 2.05) is 48.8 Å². The molecule has 1 aromatic carbocycles. The highest BCUT2D eigenvalue weighted by atomic mass is 35.5. The average molecular weight is 400 g/mol. The van der Waals surface area contributed by atoms with Crippen LogP contribution in [0.3, 0.4) is 0 Å². The van der Waals surface area contributed by atoms with Gasteiger partial charge in [-0.15, -0.1) is 6.58 Å². The molecule has 1 fully saturated rings. The molecule has 1 aromatic rings. The summed E-state index contributed by atoms with van der Waals surface area (Å²) in [5.41, 5.74) is 3.75. The Bertz CT molecular complexity index is 969. The second-order valence-corrected chi connectivity index (χ2v) is 7.59. The molecule has 0 aromatic heterocycles. The van der Waals surface area contributed by atoms with Crippen molar-refractivity contribution < 1.29 is 9.59 Å². The molecule has 3 aliphatic heterocycles. The highest BCUT2D eigenvalue weighted by Gasteiger charge is 2.55. The van der Waals surface area contributed by atoms with Crippen LogP contribution in [0, 0.1) is 6.92 Å². The van der Waals surface area contributed by atoms with Crippen LogP contribution in [0.25, 0.3) is 0 Å². The van der Waals surface area contributed by atoms with E-state index in [0.29, 0.717) is 11.0 Å². The van der Waals surface area contributed by atoms with Gasteiger partial charge >= 0.3 is 6.03 Å². The van der Waals surface area contributed by atoms with Gasteiger partial charge in [0, 0.05) is 30.0 Å². The molecular weight excluding hydrogens is 378 g/mol. The quantitative estimate of drug-likeness (QED) is 0.732. The Labute approximate surface area is 169 Å². The number of hydrogen-bond donors (Lipinski definition) is 0. The van der Waals surface area contributed by atoms with Crippen LogP contribution in [0.1, 0.15) is 19.4 Å². The molecule has 3 amide bonds. The van der Waals surface area contributed by atoms with Gasteiger partial charge in [0.25, 0.3) is 5.91 Å². The zero-order chi connectivity index (χ0) is 20.3. The van der Waals surface area contributed by atoms with Gasteiger partial charge in [-0.25, -0.2) is 9.79 Å². The summed E-state index contributed by atoms with van der Waals surface area (Å²) in [5.74, 6) is 0.382. The van der Waals surface area contributed by atoms with Gasteiger partial charge in [0.15, 0.2) is 12.2 Å². The van der Waals surface area contributed by atoms with Crippen molar-refractivity contribution in [1.82, 2.24) is 14.7 Å². The predicted octanol–water partition coefficient (Wildman–Crippen LogP) is 3.17. The van der Waals surface area contributed by atoms with Crippen LogP contribution in [0.4, 0.5) is 10.5 Å². The number of anilines is 1. The average Bonchev–Trinajstić information content (AvgIpc) is 3.16. The first-order valence-electron chi connectivity index (χ1n) is 9.08. The van der Waals surface area contributed by atoms with Crippen molar-refractivity contribution in [3.8, 4) is 0 Å². The summed E-state index contributed by atoms with van der Waals surface area (Å²) in [4.78, 5) is 37.3. The fraction of sp³-hybridized carbons (Fsp3) is 0.350. The molecule has 0 bridgehead atoms. The Morgan fingerprint density at radius 1 is 1.21 bits per heavy atom. The van der Waals surface area contributed by atoms with E-state index in [1.54, 1.807) is 13.1 Å². The topological polar surface area (TPSA) is 59.5 Å². The van der Waals surface area contributed by atoms with E-state index in [4.69, 9.17) is 16.6 Å². The molecule has 3 aliphatic rings. The second-order valence-electron chi connectivity index (χ2n) is 7.18. The first-order chi connectivity index (χ1) is 13.3. The summed E-state index contributed by atoms with van der Waals surface area (Å²) in [6, 6.07) is 4.77. The molecule has 4 rings (SSSR count). The van der Waals surface area contributed by atoms with Crippen LogP contribution < -0.4 is 4.90 Å².